The molecule has 1 amide bonds. The number of alkyl halides is 3. The topological polar surface area (TPSA) is 54.3 Å². The number of aromatic nitrogens is 3. The van der Waals surface area contributed by atoms with E-state index in [0.717, 1.165) is 25.5 Å². The van der Waals surface area contributed by atoms with Gasteiger partial charge in [0.2, 0.25) is 0 Å². The fourth-order valence-corrected chi connectivity index (χ4v) is 3.15. The summed E-state index contributed by atoms with van der Waals surface area (Å²) in [7, 11) is 3.49. The first kappa shape index (κ1) is 18.2. The van der Waals surface area contributed by atoms with Crippen LogP contribution in [0.5, 0.6) is 0 Å². The third-order valence-corrected chi connectivity index (χ3v) is 4.62. The molecule has 2 aromatic heterocycles. The minimum absolute atomic E-state index is 0.0289. The number of hydrogen-bond donors (Lipinski definition) is 0. The van der Waals surface area contributed by atoms with Gasteiger partial charge in [0.25, 0.3) is 5.91 Å². The molecule has 1 aliphatic rings. The number of carbonyl (C=O) groups excluding carboxylic acids is 1. The smallest absolute Gasteiger partial charge is 0.368 e. The van der Waals surface area contributed by atoms with Crippen molar-refractivity contribution in [3.8, 4) is 0 Å². The van der Waals surface area contributed by atoms with Gasteiger partial charge in [0.15, 0.2) is 0 Å². The third kappa shape index (κ3) is 3.81. The molecule has 0 spiro atoms. The number of likely N-dealkylation sites (N-methyl/N-ethyl adjacent to an activating group) is 1. The van der Waals surface area contributed by atoms with Crippen LogP contribution in [0.1, 0.15) is 28.9 Å². The molecule has 6 nitrogen and oxygen atoms in total. The second-order valence-electron chi connectivity index (χ2n) is 6.46. The van der Waals surface area contributed by atoms with Gasteiger partial charge in [-0.25, -0.2) is 4.98 Å². The summed E-state index contributed by atoms with van der Waals surface area (Å²) >= 11 is 0. The maximum Gasteiger partial charge on any atom is 0.433 e. The molecule has 2 aromatic rings. The molecule has 0 N–H and O–H groups in total. The van der Waals surface area contributed by atoms with Gasteiger partial charge in [-0.15, -0.1) is 0 Å². The van der Waals surface area contributed by atoms with Crippen molar-refractivity contribution in [3.05, 3.63) is 42.0 Å². The van der Waals surface area contributed by atoms with Gasteiger partial charge in [0, 0.05) is 39.4 Å². The molecule has 3 rings (SSSR count). The summed E-state index contributed by atoms with van der Waals surface area (Å²) in [5.74, 6) is -0.115. The predicted molar refractivity (Wildman–Crippen MR) is 89.8 cm³/mol. The van der Waals surface area contributed by atoms with Gasteiger partial charge in [0.1, 0.15) is 5.69 Å². The summed E-state index contributed by atoms with van der Waals surface area (Å²) < 4.78 is 39.5. The highest BCUT2D eigenvalue weighted by Crippen LogP contribution is 2.29. The predicted octanol–water partition coefficient (Wildman–Crippen LogP) is 2.57. The summed E-state index contributed by atoms with van der Waals surface area (Å²) in [5, 5.41) is 4.01. The van der Waals surface area contributed by atoms with Crippen molar-refractivity contribution >= 4 is 11.6 Å². The number of anilines is 1. The van der Waals surface area contributed by atoms with E-state index in [1.54, 1.807) is 29.9 Å². The van der Waals surface area contributed by atoms with Crippen LogP contribution in [0.25, 0.3) is 0 Å². The van der Waals surface area contributed by atoms with E-state index in [2.05, 4.69) is 10.1 Å². The van der Waals surface area contributed by atoms with Crippen LogP contribution in [-0.4, -0.2) is 51.8 Å². The fourth-order valence-electron chi connectivity index (χ4n) is 3.15. The van der Waals surface area contributed by atoms with Crippen LogP contribution in [-0.2, 0) is 13.2 Å². The largest absolute Gasteiger partial charge is 0.433 e. The quantitative estimate of drug-likeness (QED) is 0.837. The van der Waals surface area contributed by atoms with E-state index in [-0.39, 0.29) is 11.9 Å². The van der Waals surface area contributed by atoms with E-state index < -0.39 is 11.9 Å². The zero-order chi connectivity index (χ0) is 18.9. The summed E-state index contributed by atoms with van der Waals surface area (Å²) in [6.45, 7) is 1.27. The van der Waals surface area contributed by atoms with Crippen molar-refractivity contribution in [2.75, 3.05) is 25.0 Å². The van der Waals surface area contributed by atoms with Crippen LogP contribution >= 0.6 is 0 Å². The van der Waals surface area contributed by atoms with Crippen LogP contribution < -0.4 is 4.90 Å². The average Bonchev–Trinajstić information content (AvgIpc) is 3.06. The Balaban J connectivity index is 1.69. The lowest BCUT2D eigenvalue weighted by molar-refractivity contribution is -0.141. The molecule has 0 aromatic carbocycles. The third-order valence-electron chi connectivity index (χ3n) is 4.62. The Bertz CT molecular complexity index is 771. The number of nitrogens with zero attached hydrogens (tertiary/aromatic N) is 5. The molecule has 1 fully saturated rings. The SMILES string of the molecule is CN(C(=O)c1cnn(C)c1)C1CCCN(c2ccc(C(F)(F)F)nc2)C1. The van der Waals surface area contributed by atoms with Gasteiger partial charge in [-0.2, -0.15) is 18.3 Å². The molecule has 0 saturated carbocycles. The van der Waals surface area contributed by atoms with Crippen molar-refractivity contribution < 1.29 is 18.0 Å². The Morgan fingerprint density at radius 1 is 1.31 bits per heavy atom. The molecule has 0 radical (unpaired) electrons. The van der Waals surface area contributed by atoms with E-state index >= 15 is 0 Å². The summed E-state index contributed by atoms with van der Waals surface area (Å²) in [4.78, 5) is 19.7. The molecule has 0 aliphatic carbocycles. The second-order valence-corrected chi connectivity index (χ2v) is 6.46. The van der Waals surface area contributed by atoms with Crippen molar-refractivity contribution in [2.24, 2.45) is 7.05 Å². The highest BCUT2D eigenvalue weighted by molar-refractivity contribution is 5.93. The Morgan fingerprint density at radius 3 is 2.65 bits per heavy atom. The molecule has 1 aliphatic heterocycles. The number of piperidine rings is 1. The number of rotatable bonds is 3. The lowest BCUT2D eigenvalue weighted by atomic mass is 10.0. The summed E-state index contributed by atoms with van der Waals surface area (Å²) in [5.41, 5.74) is 0.243. The molecular formula is C17H20F3N5O. The van der Waals surface area contributed by atoms with Gasteiger partial charge in [-0.1, -0.05) is 0 Å². The number of aryl methyl sites for hydroxylation is 1. The molecular weight excluding hydrogens is 347 g/mol. The van der Waals surface area contributed by atoms with Crippen LogP contribution in [0.15, 0.2) is 30.7 Å². The van der Waals surface area contributed by atoms with Gasteiger partial charge >= 0.3 is 6.18 Å². The maximum atomic E-state index is 12.7. The highest BCUT2D eigenvalue weighted by Gasteiger charge is 2.33. The van der Waals surface area contributed by atoms with Gasteiger partial charge in [0.05, 0.1) is 23.6 Å². The lowest BCUT2D eigenvalue weighted by Gasteiger charge is -2.38. The van der Waals surface area contributed by atoms with Crippen LogP contribution in [0, 0.1) is 0 Å². The monoisotopic (exact) mass is 367 g/mol. The number of amides is 1. The van der Waals surface area contributed by atoms with E-state index in [1.807, 2.05) is 4.90 Å². The van der Waals surface area contributed by atoms with Crippen molar-refractivity contribution in [1.82, 2.24) is 19.7 Å². The van der Waals surface area contributed by atoms with E-state index in [9.17, 15) is 18.0 Å². The number of pyridine rings is 1. The maximum absolute atomic E-state index is 12.7. The van der Waals surface area contributed by atoms with E-state index in [1.165, 1.54) is 18.5 Å². The number of carbonyl (C=O) groups is 1. The Kier molecular flexibility index (Phi) is 4.88. The molecule has 1 unspecified atom stereocenters. The van der Waals surface area contributed by atoms with Gasteiger partial charge < -0.3 is 9.80 Å². The standard InChI is InChI=1S/C17H20F3N5O/c1-23-10-12(8-22-23)16(26)24(2)14-4-3-7-25(11-14)13-5-6-15(21-9-13)17(18,19)20/h5-6,8-10,14H,3-4,7,11H2,1-2H3. The molecule has 3 heterocycles. The summed E-state index contributed by atoms with van der Waals surface area (Å²) in [6.07, 6.45) is 1.68. The fraction of sp³-hybridized carbons (Fsp3) is 0.471. The zero-order valence-corrected chi connectivity index (χ0v) is 14.6. The Hall–Kier alpha value is -2.58. The zero-order valence-electron chi connectivity index (χ0n) is 14.6. The van der Waals surface area contributed by atoms with Gasteiger partial charge in [-0.3, -0.25) is 9.48 Å². The number of halogens is 3. The second kappa shape index (κ2) is 6.97. The van der Waals surface area contributed by atoms with Crippen molar-refractivity contribution in [2.45, 2.75) is 25.1 Å². The molecule has 140 valence electrons. The van der Waals surface area contributed by atoms with Crippen LogP contribution in [0.4, 0.5) is 18.9 Å². The molecule has 1 saturated heterocycles. The molecule has 0 bridgehead atoms. The van der Waals surface area contributed by atoms with Crippen LogP contribution in [0.2, 0.25) is 0 Å². The molecule has 1 atom stereocenters. The van der Waals surface area contributed by atoms with Crippen molar-refractivity contribution in [1.29, 1.82) is 0 Å². The first-order chi connectivity index (χ1) is 12.3. The highest BCUT2D eigenvalue weighted by atomic mass is 19.4. The normalized spacial score (nSPS) is 18.0. The first-order valence-electron chi connectivity index (χ1n) is 8.29. The minimum Gasteiger partial charge on any atom is -0.368 e. The first-order valence-corrected chi connectivity index (χ1v) is 8.29. The Labute approximate surface area is 149 Å². The van der Waals surface area contributed by atoms with Crippen LogP contribution in [0.3, 0.4) is 0 Å². The number of hydrogen-bond acceptors (Lipinski definition) is 4. The molecule has 26 heavy (non-hydrogen) atoms. The lowest BCUT2D eigenvalue weighted by Crippen LogP contribution is -2.48. The average molecular weight is 367 g/mol. The summed E-state index contributed by atoms with van der Waals surface area (Å²) in [6, 6.07) is 2.39. The molecule has 9 heteroatoms. The van der Waals surface area contributed by atoms with E-state index in [0.29, 0.717) is 17.8 Å². The Morgan fingerprint density at radius 2 is 2.08 bits per heavy atom. The van der Waals surface area contributed by atoms with Crippen molar-refractivity contribution in [3.63, 3.8) is 0 Å². The van der Waals surface area contributed by atoms with E-state index in [4.69, 9.17) is 0 Å². The van der Waals surface area contributed by atoms with Gasteiger partial charge in [-0.05, 0) is 25.0 Å². The minimum atomic E-state index is -4.45.